The molecule has 0 aliphatic carbocycles. The fourth-order valence-corrected chi connectivity index (χ4v) is 3.21. The van der Waals surface area contributed by atoms with Gasteiger partial charge in [0.15, 0.2) is 6.54 Å². The summed E-state index contributed by atoms with van der Waals surface area (Å²) in [6.45, 7) is 5.05. The van der Waals surface area contributed by atoms with Crippen LogP contribution in [0.25, 0.3) is 0 Å². The van der Waals surface area contributed by atoms with E-state index in [4.69, 9.17) is 0 Å². The molecule has 0 fully saturated rings. The zero-order valence-corrected chi connectivity index (χ0v) is 18.4. The average molecular weight is 398 g/mol. The van der Waals surface area contributed by atoms with E-state index in [1.165, 1.54) is 10.5 Å². The van der Waals surface area contributed by atoms with Crippen molar-refractivity contribution >= 4 is 23.2 Å². The molecule has 2 N–H and O–H groups in total. The maximum atomic E-state index is 12.5. The van der Waals surface area contributed by atoms with Gasteiger partial charge in [-0.3, -0.25) is 9.59 Å². The fraction of sp³-hybridized carbons (Fsp3) is 0.391. The van der Waals surface area contributed by atoms with Gasteiger partial charge in [-0.15, -0.1) is 0 Å². The lowest BCUT2D eigenvalue weighted by Gasteiger charge is -2.20. The van der Waals surface area contributed by atoms with Crippen LogP contribution in [0.3, 0.4) is 0 Å². The molecule has 0 aliphatic rings. The third-order valence-electron chi connectivity index (χ3n) is 4.96. The number of para-hydroxylation sites is 1. The van der Waals surface area contributed by atoms with Crippen LogP contribution < -0.4 is 15.1 Å². The summed E-state index contributed by atoms with van der Waals surface area (Å²) in [5, 5.41) is 2.93. The second-order valence-corrected chi connectivity index (χ2v) is 7.94. The highest BCUT2D eigenvalue weighted by molar-refractivity contribution is 5.95. The SMILES string of the molecule is Cc1cccc(C)c1NC(=O)CN(C)C(=O)C[NH+](C)Cc1ccc(N(C)C)cc1. The van der Waals surface area contributed by atoms with Crippen molar-refractivity contribution < 1.29 is 14.5 Å². The highest BCUT2D eigenvalue weighted by Gasteiger charge is 2.18. The van der Waals surface area contributed by atoms with Crippen molar-refractivity contribution in [2.75, 3.05) is 51.5 Å². The zero-order chi connectivity index (χ0) is 21.6. The second-order valence-electron chi connectivity index (χ2n) is 7.94. The normalized spacial score (nSPS) is 11.7. The number of likely N-dealkylation sites (N-methyl/N-ethyl adjacent to an activating group) is 2. The number of anilines is 2. The number of nitrogens with zero attached hydrogens (tertiary/aromatic N) is 2. The van der Waals surface area contributed by atoms with E-state index < -0.39 is 0 Å². The Labute approximate surface area is 174 Å². The van der Waals surface area contributed by atoms with Gasteiger partial charge in [-0.25, -0.2) is 0 Å². The van der Waals surface area contributed by atoms with Crippen LogP contribution in [0.5, 0.6) is 0 Å². The number of amides is 2. The summed E-state index contributed by atoms with van der Waals surface area (Å²) in [5.74, 6) is -0.237. The van der Waals surface area contributed by atoms with Crippen molar-refractivity contribution in [3.05, 3.63) is 59.2 Å². The van der Waals surface area contributed by atoms with Gasteiger partial charge in [0.25, 0.3) is 5.91 Å². The van der Waals surface area contributed by atoms with E-state index in [0.29, 0.717) is 6.54 Å². The molecule has 0 spiro atoms. The number of hydrogen-bond donors (Lipinski definition) is 2. The zero-order valence-electron chi connectivity index (χ0n) is 18.4. The molecular weight excluding hydrogens is 364 g/mol. The lowest BCUT2D eigenvalue weighted by atomic mass is 10.1. The largest absolute Gasteiger partial charge is 0.378 e. The number of quaternary nitrogens is 1. The van der Waals surface area contributed by atoms with Gasteiger partial charge in [0.2, 0.25) is 5.91 Å². The molecular formula is C23H33N4O2+. The molecule has 29 heavy (non-hydrogen) atoms. The van der Waals surface area contributed by atoms with E-state index in [1.54, 1.807) is 7.05 Å². The van der Waals surface area contributed by atoms with E-state index in [2.05, 4.69) is 34.5 Å². The van der Waals surface area contributed by atoms with Gasteiger partial charge in [-0.1, -0.05) is 30.3 Å². The van der Waals surface area contributed by atoms with Crippen molar-refractivity contribution in [3.63, 3.8) is 0 Å². The van der Waals surface area contributed by atoms with Gasteiger partial charge in [0, 0.05) is 38.1 Å². The number of carbonyl (C=O) groups is 2. The molecule has 0 aliphatic heterocycles. The van der Waals surface area contributed by atoms with Crippen LogP contribution >= 0.6 is 0 Å². The summed E-state index contributed by atoms with van der Waals surface area (Å²) in [7, 11) is 7.68. The van der Waals surface area contributed by atoms with E-state index in [9.17, 15) is 9.59 Å². The first kappa shape index (κ1) is 22.4. The molecule has 156 valence electrons. The lowest BCUT2D eigenvalue weighted by Crippen LogP contribution is -3.08. The first-order chi connectivity index (χ1) is 13.7. The second kappa shape index (κ2) is 10.1. The lowest BCUT2D eigenvalue weighted by molar-refractivity contribution is -0.885. The summed E-state index contributed by atoms with van der Waals surface area (Å²) in [6, 6.07) is 14.2. The quantitative estimate of drug-likeness (QED) is 0.710. The van der Waals surface area contributed by atoms with Crippen LogP contribution in [0.15, 0.2) is 42.5 Å². The van der Waals surface area contributed by atoms with Crippen LogP contribution in [0, 0.1) is 13.8 Å². The molecule has 0 bridgehead atoms. The minimum Gasteiger partial charge on any atom is -0.378 e. The van der Waals surface area contributed by atoms with Crippen molar-refractivity contribution in [3.8, 4) is 0 Å². The van der Waals surface area contributed by atoms with Crippen LogP contribution in [0.4, 0.5) is 11.4 Å². The van der Waals surface area contributed by atoms with E-state index in [0.717, 1.165) is 33.9 Å². The van der Waals surface area contributed by atoms with Crippen LogP contribution in [0.1, 0.15) is 16.7 Å². The molecule has 2 rings (SSSR count). The first-order valence-electron chi connectivity index (χ1n) is 9.85. The van der Waals surface area contributed by atoms with Crippen molar-refractivity contribution in [1.29, 1.82) is 0 Å². The number of aryl methyl sites for hydroxylation is 2. The van der Waals surface area contributed by atoms with Crippen LogP contribution in [-0.4, -0.2) is 58.0 Å². The summed E-state index contributed by atoms with van der Waals surface area (Å²) in [5.41, 5.74) is 5.17. The summed E-state index contributed by atoms with van der Waals surface area (Å²) in [6.07, 6.45) is 0. The maximum Gasteiger partial charge on any atom is 0.277 e. The van der Waals surface area contributed by atoms with Crippen LogP contribution in [-0.2, 0) is 16.1 Å². The predicted molar refractivity (Wildman–Crippen MR) is 118 cm³/mol. The molecule has 6 heteroatoms. The third kappa shape index (κ3) is 6.61. The van der Waals surface area contributed by atoms with Gasteiger partial charge >= 0.3 is 0 Å². The van der Waals surface area contributed by atoms with Gasteiger partial charge in [-0.2, -0.15) is 0 Å². The minimum atomic E-state index is -0.185. The molecule has 2 amide bonds. The highest BCUT2D eigenvalue weighted by Crippen LogP contribution is 2.19. The van der Waals surface area contributed by atoms with Crippen molar-refractivity contribution in [2.45, 2.75) is 20.4 Å². The highest BCUT2D eigenvalue weighted by atomic mass is 16.2. The molecule has 1 unspecified atom stereocenters. The molecule has 0 heterocycles. The fourth-order valence-electron chi connectivity index (χ4n) is 3.21. The van der Waals surface area contributed by atoms with Crippen LogP contribution in [0.2, 0.25) is 0 Å². The molecule has 2 aromatic rings. The summed E-state index contributed by atoms with van der Waals surface area (Å²) in [4.78, 5) is 29.5. The number of rotatable bonds is 8. The average Bonchev–Trinajstić information content (AvgIpc) is 2.65. The Balaban J connectivity index is 1.85. The summed E-state index contributed by atoms with van der Waals surface area (Å²) < 4.78 is 0. The Morgan fingerprint density at radius 2 is 1.55 bits per heavy atom. The molecule has 2 aromatic carbocycles. The van der Waals surface area contributed by atoms with Gasteiger partial charge in [0.05, 0.1) is 13.6 Å². The third-order valence-corrected chi connectivity index (χ3v) is 4.96. The Hall–Kier alpha value is -2.86. The predicted octanol–water partition coefficient (Wildman–Crippen LogP) is 1.48. The maximum absolute atomic E-state index is 12.5. The standard InChI is InChI=1S/C23H32N4O2/c1-17-8-7-9-18(2)23(17)24-21(28)15-27(6)22(29)16-26(5)14-19-10-12-20(13-11-19)25(3)4/h7-13H,14-16H2,1-6H3,(H,24,28)/p+1. The number of nitrogens with one attached hydrogen (secondary N) is 2. The monoisotopic (exact) mass is 397 g/mol. The molecule has 0 aromatic heterocycles. The van der Waals surface area contributed by atoms with E-state index in [1.807, 2.05) is 53.2 Å². The number of carbonyl (C=O) groups excluding carboxylic acids is 2. The van der Waals surface area contributed by atoms with Gasteiger partial charge in [0.1, 0.15) is 6.54 Å². The van der Waals surface area contributed by atoms with Crippen molar-refractivity contribution in [2.24, 2.45) is 0 Å². The van der Waals surface area contributed by atoms with Crippen molar-refractivity contribution in [1.82, 2.24) is 4.90 Å². The Morgan fingerprint density at radius 3 is 2.10 bits per heavy atom. The topological polar surface area (TPSA) is 57.1 Å². The molecule has 1 atom stereocenters. The molecule has 6 nitrogen and oxygen atoms in total. The first-order valence-corrected chi connectivity index (χ1v) is 9.85. The Morgan fingerprint density at radius 1 is 0.966 bits per heavy atom. The smallest absolute Gasteiger partial charge is 0.277 e. The minimum absolute atomic E-state index is 0.0391. The Bertz CT molecular complexity index is 826. The number of benzene rings is 2. The van der Waals surface area contributed by atoms with E-state index >= 15 is 0 Å². The van der Waals surface area contributed by atoms with Gasteiger partial charge in [-0.05, 0) is 37.1 Å². The molecule has 0 radical (unpaired) electrons. The Kier molecular flexibility index (Phi) is 7.79. The van der Waals surface area contributed by atoms with E-state index in [-0.39, 0.29) is 18.4 Å². The summed E-state index contributed by atoms with van der Waals surface area (Å²) >= 11 is 0. The van der Waals surface area contributed by atoms with Gasteiger partial charge < -0.3 is 20.0 Å². The number of hydrogen-bond acceptors (Lipinski definition) is 3. The molecule has 0 saturated heterocycles. The molecule has 0 saturated carbocycles.